The van der Waals surface area contributed by atoms with Crippen molar-refractivity contribution in [2.24, 2.45) is 0 Å². The van der Waals surface area contributed by atoms with Crippen molar-refractivity contribution in [3.63, 3.8) is 0 Å². The summed E-state index contributed by atoms with van der Waals surface area (Å²) in [5.74, 6) is 0. The first kappa shape index (κ1) is 39.4. The maximum atomic E-state index is 10.4. The van der Waals surface area contributed by atoms with Crippen molar-refractivity contribution in [1.82, 2.24) is 0 Å². The molecule has 0 aromatic heterocycles. The van der Waals surface area contributed by atoms with Crippen molar-refractivity contribution < 1.29 is 0 Å². The number of hydrogen-bond acceptors (Lipinski definition) is 4. The molecule has 10 aromatic carbocycles. The molecule has 1 aliphatic carbocycles. The smallest absolute Gasteiger partial charge is 0.0991 e. The average Bonchev–Trinajstić information content (AvgIpc) is 3.69. The Hall–Kier alpha value is -9.22. The van der Waals surface area contributed by atoms with E-state index in [0.717, 1.165) is 101 Å². The van der Waals surface area contributed by atoms with E-state index in [4.69, 9.17) is 0 Å². The van der Waals surface area contributed by atoms with Crippen LogP contribution in [0, 0.1) is 22.7 Å². The second-order valence-corrected chi connectivity index (χ2v) is 17.1. The molecule has 0 bridgehead atoms. The fraction of sp³-hybridized carbons (Fsp3) is 0.0159. The first-order chi connectivity index (χ1) is 33.1. The minimum absolute atomic E-state index is 0.593. The highest BCUT2D eigenvalue weighted by Crippen LogP contribution is 2.64. The molecule has 4 nitrogen and oxygen atoms in total. The van der Waals surface area contributed by atoms with Gasteiger partial charge in [0.2, 0.25) is 0 Å². The zero-order chi connectivity index (χ0) is 44.9. The van der Waals surface area contributed by atoms with E-state index in [9.17, 15) is 10.5 Å². The number of hydrogen-bond donors (Lipinski definition) is 0. The van der Waals surface area contributed by atoms with Crippen LogP contribution in [0.2, 0.25) is 0 Å². The fourth-order valence-corrected chi connectivity index (χ4v) is 10.5. The Bertz CT molecular complexity index is 3470. The van der Waals surface area contributed by atoms with E-state index < -0.39 is 5.41 Å². The molecule has 10 aromatic rings. The summed E-state index contributed by atoms with van der Waals surface area (Å²) < 4.78 is 0. The van der Waals surface area contributed by atoms with E-state index in [2.05, 4.69) is 246 Å². The van der Waals surface area contributed by atoms with Crippen molar-refractivity contribution in [2.75, 3.05) is 9.80 Å². The highest BCUT2D eigenvalue weighted by molar-refractivity contribution is 5.97. The number of anilines is 6. The molecule has 4 heteroatoms. The van der Waals surface area contributed by atoms with Crippen LogP contribution in [0.5, 0.6) is 0 Å². The molecule has 0 unspecified atom stereocenters. The molecule has 1 heterocycles. The number of nitriles is 2. The topological polar surface area (TPSA) is 54.1 Å². The molecule has 0 saturated heterocycles. The minimum Gasteiger partial charge on any atom is -0.310 e. The molecule has 0 saturated carbocycles. The molecule has 0 amide bonds. The third kappa shape index (κ3) is 6.43. The lowest BCUT2D eigenvalue weighted by Gasteiger charge is -2.45. The van der Waals surface area contributed by atoms with Crippen LogP contribution in [-0.4, -0.2) is 0 Å². The molecule has 312 valence electrons. The van der Waals surface area contributed by atoms with Crippen molar-refractivity contribution in [3.05, 3.63) is 276 Å². The lowest BCUT2D eigenvalue weighted by Crippen LogP contribution is -2.36. The number of rotatable bonds is 7. The third-order valence-electron chi connectivity index (χ3n) is 13.5. The standard InChI is InChI=1S/C63H40N4/c64-41-43-25-32-55-56-33-26-44(42-65)36-59(56)63(58(55)35-43)57-23-13-14-24-61(57)67(52-21-11-4-12-22-52)62-34-29-48(40-60(62)63)47-27-30-53(31-28-47)66(51-19-9-3-10-20-51)54-38-49(45-15-5-1-6-16-45)37-50(39-54)46-17-7-2-8-18-46/h1-40H. The van der Waals surface area contributed by atoms with Crippen LogP contribution in [0.25, 0.3) is 44.5 Å². The van der Waals surface area contributed by atoms with Crippen molar-refractivity contribution in [2.45, 2.75) is 5.41 Å². The Morgan fingerprint density at radius 2 is 0.806 bits per heavy atom. The van der Waals surface area contributed by atoms with Gasteiger partial charge in [-0.1, -0.05) is 146 Å². The van der Waals surface area contributed by atoms with Crippen molar-refractivity contribution in [3.8, 4) is 56.6 Å². The summed E-state index contributed by atoms with van der Waals surface area (Å²) in [5.41, 5.74) is 19.7. The van der Waals surface area contributed by atoms with E-state index in [0.29, 0.717) is 11.1 Å². The average molecular weight is 853 g/mol. The van der Waals surface area contributed by atoms with Crippen LogP contribution >= 0.6 is 0 Å². The first-order valence-corrected chi connectivity index (χ1v) is 22.5. The molecule has 0 radical (unpaired) electrons. The first-order valence-electron chi connectivity index (χ1n) is 22.5. The zero-order valence-electron chi connectivity index (χ0n) is 36.4. The molecular weight excluding hydrogens is 813 g/mol. The summed E-state index contributed by atoms with van der Waals surface area (Å²) in [5, 5.41) is 20.7. The Labute approximate surface area is 390 Å². The summed E-state index contributed by atoms with van der Waals surface area (Å²) >= 11 is 0. The monoisotopic (exact) mass is 852 g/mol. The molecule has 0 N–H and O–H groups in total. The van der Waals surface area contributed by atoms with Crippen LogP contribution in [0.1, 0.15) is 33.4 Å². The van der Waals surface area contributed by atoms with Crippen molar-refractivity contribution >= 4 is 34.1 Å². The van der Waals surface area contributed by atoms with Gasteiger partial charge in [-0.25, -0.2) is 0 Å². The molecule has 0 atom stereocenters. The number of para-hydroxylation sites is 3. The zero-order valence-corrected chi connectivity index (χ0v) is 36.4. The van der Waals surface area contributed by atoms with Crippen LogP contribution in [0.4, 0.5) is 34.1 Å². The van der Waals surface area contributed by atoms with Gasteiger partial charge in [-0.2, -0.15) is 10.5 Å². The van der Waals surface area contributed by atoms with E-state index in [-0.39, 0.29) is 0 Å². The molecule has 0 fully saturated rings. The van der Waals surface area contributed by atoms with Crippen molar-refractivity contribution in [1.29, 1.82) is 10.5 Å². The van der Waals surface area contributed by atoms with Gasteiger partial charge in [-0.05, 0) is 164 Å². The number of nitrogens with zero attached hydrogens (tertiary/aromatic N) is 4. The second-order valence-electron chi connectivity index (χ2n) is 17.1. The van der Waals surface area contributed by atoms with Gasteiger partial charge >= 0.3 is 0 Å². The van der Waals surface area contributed by atoms with Gasteiger partial charge in [0.1, 0.15) is 0 Å². The van der Waals surface area contributed by atoms with Crippen LogP contribution in [0.15, 0.2) is 243 Å². The van der Waals surface area contributed by atoms with Gasteiger partial charge in [-0.3, -0.25) is 0 Å². The van der Waals surface area contributed by atoms with Gasteiger partial charge in [0, 0.05) is 22.7 Å². The van der Waals surface area contributed by atoms with Crippen LogP contribution in [-0.2, 0) is 5.41 Å². The largest absolute Gasteiger partial charge is 0.310 e. The predicted octanol–water partition coefficient (Wildman–Crippen LogP) is 16.0. The molecule has 1 aliphatic heterocycles. The summed E-state index contributed by atoms with van der Waals surface area (Å²) in [6.07, 6.45) is 0. The Balaban J connectivity index is 1.06. The lowest BCUT2D eigenvalue weighted by atomic mass is 9.64. The van der Waals surface area contributed by atoms with Gasteiger partial charge in [0.25, 0.3) is 0 Å². The normalized spacial score (nSPS) is 12.5. The van der Waals surface area contributed by atoms with Crippen LogP contribution in [0.3, 0.4) is 0 Å². The number of fused-ring (bicyclic) bond motifs is 9. The summed E-state index contributed by atoms with van der Waals surface area (Å²) in [7, 11) is 0. The summed E-state index contributed by atoms with van der Waals surface area (Å²) in [6, 6.07) is 90.4. The Kier molecular flexibility index (Phi) is 9.46. The van der Waals surface area contributed by atoms with E-state index >= 15 is 0 Å². The predicted molar refractivity (Wildman–Crippen MR) is 272 cm³/mol. The SMILES string of the molecule is N#Cc1ccc2c(c1)C1(c3cc(C#N)ccc3-2)c2ccccc2N(c2ccccc2)c2ccc(-c3ccc(N(c4ccccc4)c4cc(-c5ccccc5)cc(-c5ccccc5)c4)cc3)cc21. The summed E-state index contributed by atoms with van der Waals surface area (Å²) in [4.78, 5) is 4.69. The van der Waals surface area contributed by atoms with Crippen LogP contribution < -0.4 is 9.80 Å². The van der Waals surface area contributed by atoms with Gasteiger partial charge < -0.3 is 9.80 Å². The van der Waals surface area contributed by atoms with Gasteiger partial charge in [0.05, 0.1) is 40.1 Å². The minimum atomic E-state index is -0.831. The van der Waals surface area contributed by atoms with E-state index in [1.54, 1.807) is 0 Å². The second kappa shape index (κ2) is 16.1. The maximum absolute atomic E-state index is 10.4. The number of benzene rings is 10. The molecule has 67 heavy (non-hydrogen) atoms. The quantitative estimate of drug-likeness (QED) is 0.160. The van der Waals surface area contributed by atoms with E-state index in [1.807, 2.05) is 18.2 Å². The fourth-order valence-electron chi connectivity index (χ4n) is 10.5. The third-order valence-corrected chi connectivity index (χ3v) is 13.5. The van der Waals surface area contributed by atoms with Gasteiger partial charge in [-0.15, -0.1) is 0 Å². The molecule has 1 spiro atoms. The lowest BCUT2D eigenvalue weighted by molar-refractivity contribution is 0.752. The Morgan fingerprint density at radius 3 is 1.39 bits per heavy atom. The molecule has 2 aliphatic rings. The maximum Gasteiger partial charge on any atom is 0.0991 e. The highest BCUT2D eigenvalue weighted by atomic mass is 15.2. The Morgan fingerprint density at radius 1 is 0.328 bits per heavy atom. The molecule has 12 rings (SSSR count). The molecular formula is C63H40N4. The summed E-state index contributed by atoms with van der Waals surface area (Å²) in [6.45, 7) is 0. The highest BCUT2D eigenvalue weighted by Gasteiger charge is 2.52. The van der Waals surface area contributed by atoms with Gasteiger partial charge in [0.15, 0.2) is 0 Å². The van der Waals surface area contributed by atoms with E-state index in [1.165, 1.54) is 0 Å².